The maximum absolute atomic E-state index is 11.7. The van der Waals surface area contributed by atoms with Crippen LogP contribution < -0.4 is 16.4 Å². The zero-order valence-electron chi connectivity index (χ0n) is 13.4. The average Bonchev–Trinajstić information content (AvgIpc) is 2.48. The van der Waals surface area contributed by atoms with Crippen LogP contribution in [-0.4, -0.2) is 19.0 Å². The number of nitrogens with two attached hydrogens (primary N) is 1. The molecular weight excluding hydrogens is 262 g/mol. The molecule has 0 aliphatic carbocycles. The minimum atomic E-state index is -0.0772. The van der Waals surface area contributed by atoms with Crippen LogP contribution in [0.5, 0.6) is 0 Å². The van der Waals surface area contributed by atoms with Gasteiger partial charge in [-0.3, -0.25) is 4.79 Å². The summed E-state index contributed by atoms with van der Waals surface area (Å²) in [7, 11) is 0. The molecule has 0 aromatic heterocycles. The highest BCUT2D eigenvalue weighted by Crippen LogP contribution is 2.20. The Morgan fingerprint density at radius 1 is 1.10 bits per heavy atom. The van der Waals surface area contributed by atoms with Crippen molar-refractivity contribution in [2.75, 3.05) is 24.1 Å². The number of anilines is 2. The third-order valence-electron chi connectivity index (χ3n) is 3.50. The van der Waals surface area contributed by atoms with Gasteiger partial charge in [-0.1, -0.05) is 39.0 Å². The molecule has 1 aromatic carbocycles. The fourth-order valence-corrected chi connectivity index (χ4v) is 2.26. The second-order valence-electron chi connectivity index (χ2n) is 5.36. The van der Waals surface area contributed by atoms with Gasteiger partial charge in [0.25, 0.3) is 5.91 Å². The smallest absolute Gasteiger partial charge is 0.251 e. The van der Waals surface area contributed by atoms with Crippen LogP contribution >= 0.6 is 0 Å². The third-order valence-corrected chi connectivity index (χ3v) is 3.50. The predicted octanol–water partition coefficient (Wildman–Crippen LogP) is 3.79. The van der Waals surface area contributed by atoms with Crippen molar-refractivity contribution in [1.82, 2.24) is 5.32 Å². The van der Waals surface area contributed by atoms with Crippen molar-refractivity contribution in [2.24, 2.45) is 0 Å². The summed E-state index contributed by atoms with van der Waals surface area (Å²) in [4.78, 5) is 11.7. The second-order valence-corrected chi connectivity index (χ2v) is 5.36. The maximum Gasteiger partial charge on any atom is 0.251 e. The Hall–Kier alpha value is -1.71. The van der Waals surface area contributed by atoms with Gasteiger partial charge in [-0.15, -0.1) is 0 Å². The number of carbonyl (C=O) groups is 1. The van der Waals surface area contributed by atoms with Crippen LogP contribution in [0.15, 0.2) is 18.2 Å². The van der Waals surface area contributed by atoms with E-state index in [1.54, 1.807) is 6.07 Å². The van der Waals surface area contributed by atoms with E-state index in [0.717, 1.165) is 18.7 Å². The van der Waals surface area contributed by atoms with Crippen LogP contribution in [0.4, 0.5) is 11.4 Å². The molecule has 4 nitrogen and oxygen atoms in total. The molecule has 0 aliphatic heterocycles. The molecular formula is C17H29N3O. The molecule has 0 saturated carbocycles. The summed E-state index contributed by atoms with van der Waals surface area (Å²) in [6.07, 6.45) is 7.67. The number of hydrogen-bond acceptors (Lipinski definition) is 3. The normalized spacial score (nSPS) is 10.4. The van der Waals surface area contributed by atoms with Crippen molar-refractivity contribution in [2.45, 2.75) is 52.4 Å². The summed E-state index contributed by atoms with van der Waals surface area (Å²) in [5.41, 5.74) is 8.15. The Bertz CT molecular complexity index is 432. The first-order valence-electron chi connectivity index (χ1n) is 8.10. The Labute approximate surface area is 128 Å². The molecule has 0 saturated heterocycles. The highest BCUT2D eigenvalue weighted by molar-refractivity contribution is 5.96. The Kier molecular flexibility index (Phi) is 8.32. The number of hydrogen-bond donors (Lipinski definition) is 3. The fourth-order valence-electron chi connectivity index (χ4n) is 2.26. The molecule has 1 rings (SSSR count). The molecule has 0 atom stereocenters. The van der Waals surface area contributed by atoms with Gasteiger partial charge >= 0.3 is 0 Å². The number of nitrogen functional groups attached to an aromatic ring is 1. The molecule has 4 heteroatoms. The molecule has 0 radical (unpaired) electrons. The van der Waals surface area contributed by atoms with E-state index < -0.39 is 0 Å². The van der Waals surface area contributed by atoms with Crippen LogP contribution in [-0.2, 0) is 0 Å². The maximum atomic E-state index is 11.7. The highest BCUT2D eigenvalue weighted by atomic mass is 16.1. The van der Waals surface area contributed by atoms with Gasteiger partial charge in [-0.25, -0.2) is 0 Å². The van der Waals surface area contributed by atoms with Gasteiger partial charge < -0.3 is 16.4 Å². The lowest BCUT2D eigenvalue weighted by molar-refractivity contribution is 0.0956. The quantitative estimate of drug-likeness (QED) is 0.454. The molecule has 0 fully saturated rings. The van der Waals surface area contributed by atoms with Crippen LogP contribution in [0.2, 0.25) is 0 Å². The zero-order chi connectivity index (χ0) is 15.5. The molecule has 4 N–H and O–H groups in total. The summed E-state index contributed by atoms with van der Waals surface area (Å²) in [6.45, 7) is 5.68. The van der Waals surface area contributed by atoms with Gasteiger partial charge in [0.2, 0.25) is 0 Å². The van der Waals surface area contributed by atoms with Crippen molar-refractivity contribution in [3.63, 3.8) is 0 Å². The van der Waals surface area contributed by atoms with Crippen molar-refractivity contribution >= 4 is 17.3 Å². The Morgan fingerprint density at radius 2 is 1.81 bits per heavy atom. The summed E-state index contributed by atoms with van der Waals surface area (Å²) >= 11 is 0. The lowest BCUT2D eigenvalue weighted by Gasteiger charge is -2.11. The summed E-state index contributed by atoms with van der Waals surface area (Å²) in [6, 6.07) is 5.43. The number of amides is 1. The van der Waals surface area contributed by atoms with Gasteiger partial charge in [0.1, 0.15) is 0 Å². The van der Waals surface area contributed by atoms with Gasteiger partial charge in [-0.2, -0.15) is 0 Å². The Balaban J connectivity index is 2.34. The molecule has 0 aliphatic rings. The first-order chi connectivity index (χ1) is 10.2. The number of unbranched alkanes of at least 4 members (excludes halogenated alkanes) is 5. The summed E-state index contributed by atoms with van der Waals surface area (Å²) in [5.74, 6) is -0.0772. The lowest BCUT2D eigenvalue weighted by atomic mass is 10.1. The van der Waals surface area contributed by atoms with Crippen LogP contribution in [0, 0.1) is 0 Å². The first-order valence-corrected chi connectivity index (χ1v) is 8.10. The zero-order valence-corrected chi connectivity index (χ0v) is 13.4. The number of nitrogens with one attached hydrogen (secondary N) is 2. The van der Waals surface area contributed by atoms with E-state index in [2.05, 4.69) is 17.6 Å². The topological polar surface area (TPSA) is 67.2 Å². The number of rotatable bonds is 10. The lowest BCUT2D eigenvalue weighted by Crippen LogP contribution is -2.22. The molecule has 0 unspecified atom stereocenters. The standard InChI is InChI=1S/C17H29N3O/c1-3-5-6-7-8-9-12-20-16-11-10-14(13-15(16)18)17(21)19-4-2/h10-11,13,20H,3-9,12,18H2,1-2H3,(H,19,21). The second kappa shape index (κ2) is 10.1. The molecule has 118 valence electrons. The monoisotopic (exact) mass is 291 g/mol. The van der Waals surface area contributed by atoms with Gasteiger partial charge in [-0.05, 0) is 31.5 Å². The Morgan fingerprint density at radius 3 is 2.48 bits per heavy atom. The highest BCUT2D eigenvalue weighted by Gasteiger charge is 2.06. The van der Waals surface area contributed by atoms with Gasteiger partial charge in [0.15, 0.2) is 0 Å². The van der Waals surface area contributed by atoms with E-state index in [4.69, 9.17) is 5.73 Å². The van der Waals surface area contributed by atoms with E-state index in [-0.39, 0.29) is 5.91 Å². The summed E-state index contributed by atoms with van der Waals surface area (Å²) < 4.78 is 0. The molecule has 0 bridgehead atoms. The minimum Gasteiger partial charge on any atom is -0.397 e. The van der Waals surface area contributed by atoms with Crippen molar-refractivity contribution in [1.29, 1.82) is 0 Å². The SMILES string of the molecule is CCCCCCCCNc1ccc(C(=O)NCC)cc1N. The van der Waals surface area contributed by atoms with E-state index in [1.165, 1.54) is 32.1 Å². The average molecular weight is 291 g/mol. The van der Waals surface area contributed by atoms with E-state index in [1.807, 2.05) is 19.1 Å². The minimum absolute atomic E-state index is 0.0772. The van der Waals surface area contributed by atoms with E-state index in [0.29, 0.717) is 17.8 Å². The first kappa shape index (κ1) is 17.3. The molecule has 0 heterocycles. The van der Waals surface area contributed by atoms with Gasteiger partial charge in [0.05, 0.1) is 11.4 Å². The van der Waals surface area contributed by atoms with Crippen LogP contribution in [0.25, 0.3) is 0 Å². The predicted molar refractivity (Wildman–Crippen MR) is 90.7 cm³/mol. The molecule has 1 aromatic rings. The van der Waals surface area contributed by atoms with Crippen molar-refractivity contribution in [3.8, 4) is 0 Å². The van der Waals surface area contributed by atoms with Crippen LogP contribution in [0.3, 0.4) is 0 Å². The van der Waals surface area contributed by atoms with Crippen molar-refractivity contribution < 1.29 is 4.79 Å². The number of carbonyl (C=O) groups excluding carboxylic acids is 1. The van der Waals surface area contributed by atoms with E-state index in [9.17, 15) is 4.79 Å². The molecule has 21 heavy (non-hydrogen) atoms. The van der Waals surface area contributed by atoms with Crippen molar-refractivity contribution in [3.05, 3.63) is 23.8 Å². The van der Waals surface area contributed by atoms with E-state index >= 15 is 0 Å². The largest absolute Gasteiger partial charge is 0.397 e. The molecule has 0 spiro atoms. The van der Waals surface area contributed by atoms with Crippen LogP contribution in [0.1, 0.15) is 62.7 Å². The third kappa shape index (κ3) is 6.52. The van der Waals surface area contributed by atoms with Gasteiger partial charge in [0, 0.05) is 18.7 Å². The summed E-state index contributed by atoms with van der Waals surface area (Å²) in [5, 5.41) is 6.12. The fraction of sp³-hybridized carbons (Fsp3) is 0.588. The molecule has 1 amide bonds. The number of benzene rings is 1.